The van der Waals surface area contributed by atoms with Gasteiger partial charge in [0.1, 0.15) is 11.9 Å². The maximum atomic E-state index is 13.0. The average molecular weight is 362 g/mol. The van der Waals surface area contributed by atoms with Crippen LogP contribution in [0.3, 0.4) is 0 Å². The van der Waals surface area contributed by atoms with Crippen molar-refractivity contribution in [1.82, 2.24) is 9.80 Å². The molecule has 0 spiro atoms. The summed E-state index contributed by atoms with van der Waals surface area (Å²) in [6.07, 6.45) is 4.98. The molecule has 3 rings (SSSR count). The van der Waals surface area contributed by atoms with E-state index in [1.807, 2.05) is 17.0 Å². The minimum Gasteiger partial charge on any atom is -0.453 e. The molecule has 2 amide bonds. The lowest BCUT2D eigenvalue weighted by Crippen LogP contribution is -2.54. The van der Waals surface area contributed by atoms with Crippen molar-refractivity contribution in [2.45, 2.75) is 44.6 Å². The standard InChI is InChI=1S/C20H27FN2O3/c1-26-20(25)23-11-3-2-4-18(23)19(24)22-12-9-16(10-13-22)14-15-5-7-17(21)8-6-15/h5-8,16,18H,2-4,9-14H2,1H3/t18-/m1/s1. The fourth-order valence-corrected chi connectivity index (χ4v) is 4.05. The lowest BCUT2D eigenvalue weighted by Gasteiger charge is -2.39. The molecule has 6 heteroatoms. The van der Waals surface area contributed by atoms with Gasteiger partial charge in [-0.15, -0.1) is 0 Å². The number of carbonyl (C=O) groups is 2. The Bertz CT molecular complexity index is 626. The summed E-state index contributed by atoms with van der Waals surface area (Å²) in [7, 11) is 1.36. The Morgan fingerprint density at radius 1 is 1.08 bits per heavy atom. The molecule has 2 saturated heterocycles. The molecule has 1 aromatic carbocycles. The Hall–Kier alpha value is -2.11. The summed E-state index contributed by atoms with van der Waals surface area (Å²) in [6, 6.07) is 6.29. The Kier molecular flexibility index (Phi) is 6.12. The van der Waals surface area contributed by atoms with Crippen molar-refractivity contribution in [2.75, 3.05) is 26.7 Å². The van der Waals surface area contributed by atoms with Gasteiger partial charge in [-0.3, -0.25) is 9.69 Å². The smallest absolute Gasteiger partial charge is 0.410 e. The highest BCUT2D eigenvalue weighted by molar-refractivity contribution is 5.86. The van der Waals surface area contributed by atoms with E-state index < -0.39 is 6.09 Å². The quantitative estimate of drug-likeness (QED) is 0.829. The number of hydrogen-bond acceptors (Lipinski definition) is 3. The third-order valence-corrected chi connectivity index (χ3v) is 5.56. The lowest BCUT2D eigenvalue weighted by molar-refractivity contribution is -0.139. The number of nitrogens with zero attached hydrogens (tertiary/aromatic N) is 2. The van der Waals surface area contributed by atoms with Crippen LogP contribution in [-0.4, -0.2) is 54.6 Å². The van der Waals surface area contributed by atoms with E-state index in [1.165, 1.54) is 19.2 Å². The molecule has 142 valence electrons. The van der Waals surface area contributed by atoms with Crippen LogP contribution in [0.2, 0.25) is 0 Å². The van der Waals surface area contributed by atoms with Gasteiger partial charge >= 0.3 is 6.09 Å². The van der Waals surface area contributed by atoms with Gasteiger partial charge in [-0.1, -0.05) is 12.1 Å². The van der Waals surface area contributed by atoms with Gasteiger partial charge in [-0.2, -0.15) is 0 Å². The molecule has 1 aromatic rings. The number of amides is 2. The van der Waals surface area contributed by atoms with E-state index in [0.29, 0.717) is 18.9 Å². The molecule has 2 aliphatic rings. The summed E-state index contributed by atoms with van der Waals surface area (Å²) < 4.78 is 17.9. The van der Waals surface area contributed by atoms with Gasteiger partial charge in [0.15, 0.2) is 0 Å². The molecular weight excluding hydrogens is 335 g/mol. The fraction of sp³-hybridized carbons (Fsp3) is 0.600. The van der Waals surface area contributed by atoms with E-state index in [2.05, 4.69) is 0 Å². The minimum absolute atomic E-state index is 0.0512. The molecule has 26 heavy (non-hydrogen) atoms. The predicted molar refractivity (Wildman–Crippen MR) is 96.2 cm³/mol. The third-order valence-electron chi connectivity index (χ3n) is 5.56. The molecule has 0 saturated carbocycles. The first kappa shape index (κ1) is 18.7. The van der Waals surface area contributed by atoms with E-state index in [9.17, 15) is 14.0 Å². The van der Waals surface area contributed by atoms with Gasteiger partial charge in [0, 0.05) is 19.6 Å². The zero-order valence-electron chi connectivity index (χ0n) is 15.3. The number of benzene rings is 1. The first-order valence-electron chi connectivity index (χ1n) is 9.46. The maximum Gasteiger partial charge on any atom is 0.410 e. The fourth-order valence-electron chi connectivity index (χ4n) is 4.05. The second-order valence-electron chi connectivity index (χ2n) is 7.27. The summed E-state index contributed by atoms with van der Waals surface area (Å²) in [5.74, 6) is 0.347. The van der Waals surface area contributed by atoms with Crippen molar-refractivity contribution >= 4 is 12.0 Å². The van der Waals surface area contributed by atoms with E-state index in [4.69, 9.17) is 4.74 Å². The van der Waals surface area contributed by atoms with Crippen molar-refractivity contribution in [3.8, 4) is 0 Å². The highest BCUT2D eigenvalue weighted by atomic mass is 19.1. The number of rotatable bonds is 3. The van der Waals surface area contributed by atoms with Crippen LogP contribution in [0, 0.1) is 11.7 Å². The van der Waals surface area contributed by atoms with E-state index in [1.54, 1.807) is 4.90 Å². The number of carbonyl (C=O) groups excluding carboxylic acids is 2. The molecule has 0 aromatic heterocycles. The van der Waals surface area contributed by atoms with Crippen LogP contribution < -0.4 is 0 Å². The zero-order valence-corrected chi connectivity index (χ0v) is 15.3. The SMILES string of the molecule is COC(=O)N1CCCC[C@@H]1C(=O)N1CCC(Cc2ccc(F)cc2)CC1. The summed E-state index contributed by atoms with van der Waals surface area (Å²) in [5, 5.41) is 0. The normalized spacial score (nSPS) is 21.5. The maximum absolute atomic E-state index is 13.0. The Labute approximate surface area is 154 Å². The van der Waals surface area contributed by atoms with E-state index >= 15 is 0 Å². The van der Waals surface area contributed by atoms with Crippen molar-refractivity contribution in [1.29, 1.82) is 0 Å². The number of hydrogen-bond donors (Lipinski definition) is 0. The highest BCUT2D eigenvalue weighted by Crippen LogP contribution is 2.25. The van der Waals surface area contributed by atoms with Crippen LogP contribution in [0.25, 0.3) is 0 Å². The van der Waals surface area contributed by atoms with E-state index in [0.717, 1.165) is 50.8 Å². The van der Waals surface area contributed by atoms with Gasteiger partial charge in [0.2, 0.25) is 5.91 Å². The van der Waals surface area contributed by atoms with Crippen molar-refractivity contribution < 1.29 is 18.7 Å². The van der Waals surface area contributed by atoms with Crippen molar-refractivity contribution in [3.05, 3.63) is 35.6 Å². The van der Waals surface area contributed by atoms with E-state index in [-0.39, 0.29) is 17.8 Å². The summed E-state index contributed by atoms with van der Waals surface area (Å²) in [6.45, 7) is 2.02. The van der Waals surface area contributed by atoms with Crippen molar-refractivity contribution in [2.24, 2.45) is 5.92 Å². The predicted octanol–water partition coefficient (Wildman–Crippen LogP) is 3.23. The van der Waals surface area contributed by atoms with Gasteiger partial charge in [-0.05, 0) is 62.1 Å². The van der Waals surface area contributed by atoms with Gasteiger partial charge in [-0.25, -0.2) is 9.18 Å². The van der Waals surface area contributed by atoms with Crippen LogP contribution in [0.15, 0.2) is 24.3 Å². The second kappa shape index (κ2) is 8.52. The van der Waals surface area contributed by atoms with Crippen LogP contribution in [0.1, 0.15) is 37.7 Å². The van der Waals surface area contributed by atoms with Crippen LogP contribution in [0.5, 0.6) is 0 Å². The molecule has 2 heterocycles. The lowest BCUT2D eigenvalue weighted by atomic mass is 9.89. The third kappa shape index (κ3) is 4.34. The summed E-state index contributed by atoms with van der Waals surface area (Å²) in [5.41, 5.74) is 1.14. The molecule has 1 atom stereocenters. The molecule has 2 fully saturated rings. The molecule has 0 unspecified atom stereocenters. The summed E-state index contributed by atoms with van der Waals surface area (Å²) in [4.78, 5) is 28.3. The Morgan fingerprint density at radius 2 is 1.77 bits per heavy atom. The second-order valence-corrected chi connectivity index (χ2v) is 7.27. The first-order valence-corrected chi connectivity index (χ1v) is 9.46. The Morgan fingerprint density at radius 3 is 2.42 bits per heavy atom. The number of piperidine rings is 2. The average Bonchev–Trinajstić information content (AvgIpc) is 2.69. The molecule has 0 bridgehead atoms. The number of likely N-dealkylation sites (tertiary alicyclic amines) is 2. The largest absolute Gasteiger partial charge is 0.453 e. The molecule has 0 N–H and O–H groups in total. The van der Waals surface area contributed by atoms with Gasteiger partial charge < -0.3 is 9.64 Å². The zero-order chi connectivity index (χ0) is 18.5. The molecule has 2 aliphatic heterocycles. The van der Waals surface area contributed by atoms with Gasteiger partial charge in [0.05, 0.1) is 7.11 Å². The van der Waals surface area contributed by atoms with Gasteiger partial charge in [0.25, 0.3) is 0 Å². The first-order chi connectivity index (χ1) is 12.6. The minimum atomic E-state index is -0.408. The number of halogens is 1. The topological polar surface area (TPSA) is 49.9 Å². The molecule has 0 aliphatic carbocycles. The van der Waals surface area contributed by atoms with Crippen LogP contribution in [0.4, 0.5) is 9.18 Å². The Balaban J connectivity index is 1.54. The highest BCUT2D eigenvalue weighted by Gasteiger charge is 2.36. The van der Waals surface area contributed by atoms with Crippen molar-refractivity contribution in [3.63, 3.8) is 0 Å². The molecule has 0 radical (unpaired) electrons. The van der Waals surface area contributed by atoms with Crippen LogP contribution in [-0.2, 0) is 16.0 Å². The summed E-state index contributed by atoms with van der Waals surface area (Å²) >= 11 is 0. The molecular formula is C20H27FN2O3. The number of methoxy groups -OCH3 is 1. The number of ether oxygens (including phenoxy) is 1. The monoisotopic (exact) mass is 362 g/mol. The van der Waals surface area contributed by atoms with Crippen LogP contribution >= 0.6 is 0 Å². The molecule has 5 nitrogen and oxygen atoms in total.